The van der Waals surface area contributed by atoms with Gasteiger partial charge in [-0.25, -0.2) is 9.78 Å². The molecule has 0 bridgehead atoms. The fourth-order valence-corrected chi connectivity index (χ4v) is 4.50. The van der Waals surface area contributed by atoms with E-state index >= 15 is 0 Å². The molecule has 0 atom stereocenters. The molecule has 0 fully saturated rings. The molecular formula is C25H20N4O4S2. The highest BCUT2D eigenvalue weighted by molar-refractivity contribution is 7.81. The van der Waals surface area contributed by atoms with Gasteiger partial charge in [-0.1, -0.05) is 54.7 Å². The number of hydrogen-bond acceptors (Lipinski definition) is 7. The Morgan fingerprint density at radius 3 is 2.40 bits per heavy atom. The van der Waals surface area contributed by atoms with Crippen LogP contribution in [0.3, 0.4) is 0 Å². The Kier molecular flexibility index (Phi) is 7.14. The average Bonchev–Trinajstić information content (AvgIpc) is 3.27. The number of fused-ring (bicyclic) bond motifs is 1. The second-order valence-corrected chi connectivity index (χ2v) is 8.91. The van der Waals surface area contributed by atoms with Crippen LogP contribution in [-0.4, -0.2) is 39.4 Å². The molecular weight excluding hydrogens is 484 g/mol. The van der Waals surface area contributed by atoms with Crippen LogP contribution in [0, 0.1) is 5.41 Å². The lowest BCUT2D eigenvalue weighted by Crippen LogP contribution is -2.35. The first-order valence-corrected chi connectivity index (χ1v) is 11.7. The largest absolute Gasteiger partial charge is 0.481 e. The Balaban J connectivity index is 1.54. The molecule has 1 amide bonds. The molecule has 8 nitrogen and oxygen atoms in total. The Hall–Kier alpha value is -4.15. The van der Waals surface area contributed by atoms with Crippen LogP contribution in [0.5, 0.6) is 5.75 Å². The van der Waals surface area contributed by atoms with E-state index in [0.29, 0.717) is 26.6 Å². The van der Waals surface area contributed by atoms with Crippen LogP contribution >= 0.6 is 23.6 Å². The maximum atomic E-state index is 12.9. The number of anilines is 1. The minimum absolute atomic E-state index is 0.0154. The van der Waals surface area contributed by atoms with Gasteiger partial charge in [-0.2, -0.15) is 0 Å². The lowest BCUT2D eigenvalue weighted by molar-refractivity contribution is -0.136. The Morgan fingerprint density at radius 2 is 1.74 bits per heavy atom. The summed E-state index contributed by atoms with van der Waals surface area (Å²) in [7, 11) is 0. The zero-order chi connectivity index (χ0) is 24.9. The van der Waals surface area contributed by atoms with Gasteiger partial charge in [0, 0.05) is 23.9 Å². The number of amidine groups is 1. The summed E-state index contributed by atoms with van der Waals surface area (Å²) >= 11 is 7.02. The van der Waals surface area contributed by atoms with E-state index in [1.54, 1.807) is 72.8 Å². The van der Waals surface area contributed by atoms with Gasteiger partial charge in [0.15, 0.2) is 0 Å². The number of carboxylic acids is 1. The van der Waals surface area contributed by atoms with Crippen molar-refractivity contribution >= 4 is 62.2 Å². The lowest BCUT2D eigenvalue weighted by Gasteiger charge is -2.21. The van der Waals surface area contributed by atoms with Gasteiger partial charge in [-0.15, -0.1) is 11.3 Å². The smallest absolute Gasteiger partial charge is 0.419 e. The number of nitrogens with one attached hydrogen (secondary N) is 1. The second kappa shape index (κ2) is 10.4. The number of rotatable bonds is 8. The molecule has 1 aromatic heterocycles. The molecule has 1 heterocycles. The van der Waals surface area contributed by atoms with Gasteiger partial charge < -0.3 is 15.6 Å². The summed E-state index contributed by atoms with van der Waals surface area (Å²) in [5, 5.41) is 17.2. The summed E-state index contributed by atoms with van der Waals surface area (Å²) in [5.41, 5.74) is 8.06. The minimum Gasteiger partial charge on any atom is -0.481 e. The lowest BCUT2D eigenvalue weighted by atomic mass is 10.1. The van der Waals surface area contributed by atoms with E-state index in [2.05, 4.69) is 4.98 Å². The van der Waals surface area contributed by atoms with Gasteiger partial charge in [0.1, 0.15) is 16.6 Å². The number of nitrogens with two attached hydrogens (primary N) is 1. The van der Waals surface area contributed by atoms with Crippen molar-refractivity contribution in [2.24, 2.45) is 5.73 Å². The molecule has 35 heavy (non-hydrogen) atoms. The van der Waals surface area contributed by atoms with E-state index in [1.807, 2.05) is 0 Å². The summed E-state index contributed by atoms with van der Waals surface area (Å²) in [6, 6.07) is 20.9. The van der Waals surface area contributed by atoms with E-state index in [9.17, 15) is 9.59 Å². The van der Waals surface area contributed by atoms with Gasteiger partial charge >= 0.3 is 12.1 Å². The topological polar surface area (TPSA) is 130 Å². The summed E-state index contributed by atoms with van der Waals surface area (Å²) in [6.45, 7) is -0.0298. The number of amides is 1. The fraction of sp³-hybridized carbons (Fsp3) is 0.0800. The number of aliphatic carboxylic acids is 1. The number of benzene rings is 3. The van der Waals surface area contributed by atoms with Crippen LogP contribution in [0.25, 0.3) is 10.2 Å². The first-order valence-electron chi connectivity index (χ1n) is 10.5. The van der Waals surface area contributed by atoms with Crippen LogP contribution < -0.4 is 15.4 Å². The zero-order valence-corrected chi connectivity index (χ0v) is 19.9. The standard InChI is InChI=1S/C25H20N4O4S2/c26-23(27)16-8-6-15(7-9-16)22(34)24-28-19-14-18(10-11-20(19)35-24)33-25(32)29(13-12-21(30)31)17-4-2-1-3-5-17/h1-11,14H,12-13H2,(H3,26,27)(H,30,31). The van der Waals surface area contributed by atoms with Gasteiger partial charge in [0.2, 0.25) is 0 Å². The number of thiazole rings is 1. The summed E-state index contributed by atoms with van der Waals surface area (Å²) < 4.78 is 6.42. The molecule has 3 aromatic carbocycles. The van der Waals surface area contributed by atoms with Crippen molar-refractivity contribution in [1.82, 2.24) is 4.98 Å². The van der Waals surface area contributed by atoms with Crippen molar-refractivity contribution in [2.45, 2.75) is 6.42 Å². The third-order valence-electron chi connectivity index (χ3n) is 5.05. The summed E-state index contributed by atoms with van der Waals surface area (Å²) in [5.74, 6) is -0.743. The highest BCUT2D eigenvalue weighted by Crippen LogP contribution is 2.28. The first kappa shape index (κ1) is 24.0. The van der Waals surface area contributed by atoms with Crippen LogP contribution in [0.4, 0.5) is 10.5 Å². The molecule has 0 unspecified atom stereocenters. The minimum atomic E-state index is -1.01. The Bertz CT molecular complexity index is 1420. The SMILES string of the molecule is N=C(N)c1ccc(C(=S)c2nc3cc(OC(=O)N(CCC(=O)O)c4ccccc4)ccc3s2)cc1. The molecule has 176 valence electrons. The molecule has 0 aliphatic carbocycles. The molecule has 4 rings (SSSR count). The van der Waals surface area contributed by atoms with E-state index in [4.69, 9.17) is 33.2 Å². The van der Waals surface area contributed by atoms with E-state index in [0.717, 1.165) is 10.3 Å². The number of carbonyl (C=O) groups is 2. The van der Waals surface area contributed by atoms with Crippen molar-refractivity contribution in [2.75, 3.05) is 11.4 Å². The molecule has 0 aliphatic rings. The van der Waals surface area contributed by atoms with Crippen molar-refractivity contribution in [3.63, 3.8) is 0 Å². The zero-order valence-electron chi connectivity index (χ0n) is 18.3. The molecule has 0 radical (unpaired) electrons. The second-order valence-electron chi connectivity index (χ2n) is 7.47. The predicted molar refractivity (Wildman–Crippen MR) is 140 cm³/mol. The highest BCUT2D eigenvalue weighted by Gasteiger charge is 2.20. The highest BCUT2D eigenvalue weighted by atomic mass is 32.1. The number of ether oxygens (including phenoxy) is 1. The number of carboxylic acid groups (broad SMARTS) is 1. The number of aromatic nitrogens is 1. The molecule has 10 heteroatoms. The maximum absolute atomic E-state index is 12.9. The number of carbonyl (C=O) groups excluding carboxylic acids is 1. The van der Waals surface area contributed by atoms with E-state index < -0.39 is 12.1 Å². The van der Waals surface area contributed by atoms with Gasteiger partial charge in [-0.3, -0.25) is 15.1 Å². The quantitative estimate of drug-likeness (QED) is 0.136. The van der Waals surface area contributed by atoms with Crippen LogP contribution in [0.2, 0.25) is 0 Å². The van der Waals surface area contributed by atoms with Crippen molar-refractivity contribution < 1.29 is 19.4 Å². The van der Waals surface area contributed by atoms with E-state index in [1.165, 1.54) is 16.2 Å². The molecule has 0 saturated heterocycles. The van der Waals surface area contributed by atoms with Gasteiger partial charge in [0.05, 0.1) is 21.5 Å². The molecule has 0 spiro atoms. The fourth-order valence-electron chi connectivity index (χ4n) is 3.29. The monoisotopic (exact) mass is 504 g/mol. The van der Waals surface area contributed by atoms with Gasteiger partial charge in [-0.05, 0) is 29.8 Å². The number of hydrogen-bond donors (Lipinski definition) is 3. The third-order valence-corrected chi connectivity index (χ3v) is 6.67. The van der Waals surface area contributed by atoms with Crippen molar-refractivity contribution in [3.8, 4) is 5.75 Å². The molecule has 0 saturated carbocycles. The van der Waals surface area contributed by atoms with Gasteiger partial charge in [0.25, 0.3) is 0 Å². The molecule has 4 N–H and O–H groups in total. The number of nitrogen functional groups attached to an aromatic ring is 1. The van der Waals surface area contributed by atoms with E-state index in [-0.39, 0.29) is 24.6 Å². The summed E-state index contributed by atoms with van der Waals surface area (Å²) in [4.78, 5) is 30.4. The molecule has 4 aromatic rings. The van der Waals surface area contributed by atoms with Crippen molar-refractivity contribution in [3.05, 3.63) is 88.9 Å². The summed E-state index contributed by atoms with van der Waals surface area (Å²) in [6.07, 6.45) is -0.906. The molecule has 0 aliphatic heterocycles. The van der Waals surface area contributed by atoms with Crippen LogP contribution in [-0.2, 0) is 4.79 Å². The number of nitrogens with zero attached hydrogens (tertiary/aromatic N) is 2. The normalized spacial score (nSPS) is 10.6. The number of thiocarbonyl (C=S) groups is 1. The third kappa shape index (κ3) is 5.68. The van der Waals surface area contributed by atoms with Crippen LogP contribution in [0.15, 0.2) is 72.8 Å². The Morgan fingerprint density at radius 1 is 1.06 bits per heavy atom. The average molecular weight is 505 g/mol. The Labute approximate surface area is 210 Å². The number of para-hydroxylation sites is 1. The van der Waals surface area contributed by atoms with Crippen LogP contribution in [0.1, 0.15) is 22.6 Å². The maximum Gasteiger partial charge on any atom is 0.419 e. The van der Waals surface area contributed by atoms with Crippen molar-refractivity contribution in [1.29, 1.82) is 5.41 Å². The predicted octanol–water partition coefficient (Wildman–Crippen LogP) is 4.83. The first-order chi connectivity index (χ1) is 16.8.